The molecule has 1 fully saturated rings. The summed E-state index contributed by atoms with van der Waals surface area (Å²) < 4.78 is 2.25. The van der Waals surface area contributed by atoms with Crippen LogP contribution >= 0.6 is 11.8 Å². The molecule has 1 atom stereocenters. The highest BCUT2D eigenvalue weighted by Gasteiger charge is 2.25. The summed E-state index contributed by atoms with van der Waals surface area (Å²) in [6.07, 6.45) is 6.18. The van der Waals surface area contributed by atoms with E-state index in [1.54, 1.807) is 0 Å². The molecule has 0 aliphatic heterocycles. The third kappa shape index (κ3) is 4.72. The summed E-state index contributed by atoms with van der Waals surface area (Å²) in [5.74, 6) is 1.31. The van der Waals surface area contributed by atoms with E-state index in [1.807, 2.05) is 32.0 Å². The van der Waals surface area contributed by atoms with Crippen LogP contribution in [0.1, 0.15) is 76.2 Å². The molecule has 2 aromatic rings. The van der Waals surface area contributed by atoms with Crippen molar-refractivity contribution in [3.05, 3.63) is 35.7 Å². The monoisotopic (exact) mass is 386 g/mol. The van der Waals surface area contributed by atoms with Gasteiger partial charge in [-0.2, -0.15) is 0 Å². The van der Waals surface area contributed by atoms with E-state index < -0.39 is 0 Å². The number of benzene rings is 1. The van der Waals surface area contributed by atoms with Crippen LogP contribution in [-0.2, 0) is 4.79 Å². The Morgan fingerprint density at radius 1 is 1.15 bits per heavy atom. The number of aromatic nitrogens is 3. The molecular formula is C21H30N4OS. The lowest BCUT2D eigenvalue weighted by Gasteiger charge is -2.25. The maximum atomic E-state index is 12.8. The summed E-state index contributed by atoms with van der Waals surface area (Å²) in [5, 5.41) is 12.4. The fourth-order valence-electron chi connectivity index (χ4n) is 3.75. The van der Waals surface area contributed by atoms with Crippen molar-refractivity contribution in [2.24, 2.45) is 0 Å². The number of carbonyl (C=O) groups excluding carboxylic acids is 1. The molecule has 1 aliphatic carbocycles. The third-order valence-electron chi connectivity index (χ3n) is 5.27. The lowest BCUT2D eigenvalue weighted by Crippen LogP contribution is -2.24. The van der Waals surface area contributed by atoms with Crippen molar-refractivity contribution in [2.45, 2.75) is 82.2 Å². The molecule has 1 aromatic heterocycles. The number of thioether (sulfide) groups is 1. The molecule has 1 amide bonds. The molecule has 0 saturated heterocycles. The molecular weight excluding hydrogens is 356 g/mol. The lowest BCUT2D eigenvalue weighted by atomic mass is 9.95. The zero-order valence-electron chi connectivity index (χ0n) is 16.7. The molecule has 1 saturated carbocycles. The highest BCUT2D eigenvalue weighted by molar-refractivity contribution is 8.00. The molecule has 1 heterocycles. The maximum absolute atomic E-state index is 12.8. The summed E-state index contributed by atoms with van der Waals surface area (Å²) in [5.41, 5.74) is 2.05. The van der Waals surface area contributed by atoms with E-state index in [0.29, 0.717) is 12.0 Å². The number of para-hydroxylation sites is 1. The SMILES string of the molecule is Cc1nnc(SC(C)C(=O)Nc2ccccc2C(C)C)n1C1CCCCC1. The number of aryl methyl sites for hydroxylation is 1. The predicted octanol–water partition coefficient (Wildman–Crippen LogP) is 5.33. The van der Waals surface area contributed by atoms with Crippen molar-refractivity contribution in [1.29, 1.82) is 0 Å². The van der Waals surface area contributed by atoms with Crippen LogP contribution in [0.5, 0.6) is 0 Å². The Bertz CT molecular complexity index is 780. The highest BCUT2D eigenvalue weighted by Crippen LogP contribution is 2.34. The van der Waals surface area contributed by atoms with Gasteiger partial charge in [0.1, 0.15) is 5.82 Å². The Morgan fingerprint density at radius 3 is 2.56 bits per heavy atom. The molecule has 0 bridgehead atoms. The van der Waals surface area contributed by atoms with Gasteiger partial charge in [0, 0.05) is 11.7 Å². The van der Waals surface area contributed by atoms with E-state index in [-0.39, 0.29) is 11.2 Å². The number of nitrogens with one attached hydrogen (secondary N) is 1. The van der Waals surface area contributed by atoms with E-state index in [2.05, 4.69) is 40.0 Å². The van der Waals surface area contributed by atoms with Crippen molar-refractivity contribution in [1.82, 2.24) is 14.8 Å². The van der Waals surface area contributed by atoms with Gasteiger partial charge in [0.05, 0.1) is 5.25 Å². The van der Waals surface area contributed by atoms with Crippen LogP contribution in [0.15, 0.2) is 29.4 Å². The predicted molar refractivity (Wildman–Crippen MR) is 111 cm³/mol. The first kappa shape index (κ1) is 19.9. The molecule has 1 unspecified atom stereocenters. The van der Waals surface area contributed by atoms with E-state index in [9.17, 15) is 4.79 Å². The lowest BCUT2D eigenvalue weighted by molar-refractivity contribution is -0.115. The molecule has 5 nitrogen and oxygen atoms in total. The Labute approximate surface area is 166 Å². The maximum Gasteiger partial charge on any atom is 0.237 e. The first-order valence-corrected chi connectivity index (χ1v) is 10.8. The molecule has 1 aliphatic rings. The molecule has 27 heavy (non-hydrogen) atoms. The van der Waals surface area contributed by atoms with Gasteiger partial charge in [-0.1, -0.05) is 63.1 Å². The minimum Gasteiger partial charge on any atom is -0.325 e. The Kier molecular flexibility index (Phi) is 6.58. The van der Waals surface area contributed by atoms with Gasteiger partial charge in [-0.05, 0) is 44.2 Å². The van der Waals surface area contributed by atoms with E-state index >= 15 is 0 Å². The first-order chi connectivity index (χ1) is 13.0. The molecule has 1 N–H and O–H groups in total. The number of hydrogen-bond donors (Lipinski definition) is 1. The first-order valence-electron chi connectivity index (χ1n) is 9.95. The Balaban J connectivity index is 1.71. The van der Waals surface area contributed by atoms with Crippen LogP contribution < -0.4 is 5.32 Å². The van der Waals surface area contributed by atoms with Gasteiger partial charge < -0.3 is 9.88 Å². The summed E-state index contributed by atoms with van der Waals surface area (Å²) in [6.45, 7) is 8.22. The van der Waals surface area contributed by atoms with E-state index in [4.69, 9.17) is 0 Å². The molecule has 6 heteroatoms. The summed E-state index contributed by atoms with van der Waals surface area (Å²) in [6, 6.07) is 8.48. The van der Waals surface area contributed by atoms with Crippen LogP contribution in [0.25, 0.3) is 0 Å². The van der Waals surface area contributed by atoms with Crippen molar-refractivity contribution < 1.29 is 4.79 Å². The fraction of sp³-hybridized carbons (Fsp3) is 0.571. The van der Waals surface area contributed by atoms with Crippen molar-refractivity contribution >= 4 is 23.4 Å². The van der Waals surface area contributed by atoms with E-state index in [0.717, 1.165) is 22.2 Å². The second-order valence-corrected chi connectivity index (χ2v) is 8.99. The van der Waals surface area contributed by atoms with Crippen LogP contribution in [0.2, 0.25) is 0 Å². The zero-order chi connectivity index (χ0) is 19.4. The number of carbonyl (C=O) groups is 1. The molecule has 3 rings (SSSR count). The topological polar surface area (TPSA) is 59.8 Å². The smallest absolute Gasteiger partial charge is 0.237 e. The van der Waals surface area contributed by atoms with Gasteiger partial charge >= 0.3 is 0 Å². The molecule has 146 valence electrons. The summed E-state index contributed by atoms with van der Waals surface area (Å²) >= 11 is 1.50. The van der Waals surface area contributed by atoms with Gasteiger partial charge in [0.25, 0.3) is 0 Å². The number of amides is 1. The van der Waals surface area contributed by atoms with E-state index in [1.165, 1.54) is 43.9 Å². The van der Waals surface area contributed by atoms with Crippen molar-refractivity contribution in [2.75, 3.05) is 5.32 Å². The van der Waals surface area contributed by atoms with Gasteiger partial charge in [-0.15, -0.1) is 10.2 Å². The molecule has 0 spiro atoms. The van der Waals surface area contributed by atoms with Gasteiger partial charge in [-0.3, -0.25) is 4.79 Å². The van der Waals surface area contributed by atoms with Gasteiger partial charge in [0.2, 0.25) is 5.91 Å². The fourth-order valence-corrected chi connectivity index (χ4v) is 4.72. The molecule has 0 radical (unpaired) electrons. The zero-order valence-corrected chi connectivity index (χ0v) is 17.6. The van der Waals surface area contributed by atoms with Crippen LogP contribution in [0, 0.1) is 6.92 Å². The van der Waals surface area contributed by atoms with Crippen LogP contribution in [0.3, 0.4) is 0 Å². The van der Waals surface area contributed by atoms with Crippen molar-refractivity contribution in [3.63, 3.8) is 0 Å². The number of hydrogen-bond acceptors (Lipinski definition) is 4. The standard InChI is InChI=1S/C21H30N4OS/c1-14(2)18-12-8-9-13-19(18)22-20(26)15(3)27-21-24-23-16(4)25(21)17-10-6-5-7-11-17/h8-9,12-15,17H,5-7,10-11H2,1-4H3,(H,22,26). The second-order valence-electron chi connectivity index (χ2n) is 7.68. The Morgan fingerprint density at radius 2 is 1.85 bits per heavy atom. The highest BCUT2D eigenvalue weighted by atomic mass is 32.2. The average molecular weight is 387 g/mol. The second kappa shape index (κ2) is 8.91. The minimum atomic E-state index is -0.240. The normalized spacial score (nSPS) is 16.5. The third-order valence-corrected chi connectivity index (χ3v) is 6.32. The van der Waals surface area contributed by atoms with Crippen LogP contribution in [0.4, 0.5) is 5.69 Å². The Hall–Kier alpha value is -1.82. The summed E-state index contributed by atoms with van der Waals surface area (Å²) in [7, 11) is 0. The minimum absolute atomic E-state index is 0.00365. The van der Waals surface area contributed by atoms with Gasteiger partial charge in [-0.25, -0.2) is 0 Å². The number of rotatable bonds is 6. The van der Waals surface area contributed by atoms with Gasteiger partial charge in [0.15, 0.2) is 5.16 Å². The number of nitrogens with zero attached hydrogens (tertiary/aromatic N) is 3. The quantitative estimate of drug-likeness (QED) is 0.681. The van der Waals surface area contributed by atoms with Crippen LogP contribution in [-0.4, -0.2) is 25.9 Å². The average Bonchev–Trinajstić information content (AvgIpc) is 3.02. The largest absolute Gasteiger partial charge is 0.325 e. The van der Waals surface area contributed by atoms with Crippen molar-refractivity contribution in [3.8, 4) is 0 Å². The molecule has 1 aromatic carbocycles. The summed E-state index contributed by atoms with van der Waals surface area (Å²) in [4.78, 5) is 12.8. The number of anilines is 1.